The van der Waals surface area contributed by atoms with E-state index in [0.717, 1.165) is 18.2 Å². The number of benzene rings is 1. The summed E-state index contributed by atoms with van der Waals surface area (Å²) in [6.07, 6.45) is -4.08. The molecule has 3 atom stereocenters. The van der Waals surface area contributed by atoms with Gasteiger partial charge in [-0.3, -0.25) is 0 Å². The van der Waals surface area contributed by atoms with Crippen molar-refractivity contribution in [3.63, 3.8) is 0 Å². The molecule has 0 aliphatic carbocycles. The molecule has 0 saturated heterocycles. The van der Waals surface area contributed by atoms with Crippen LogP contribution in [0, 0.1) is 0 Å². The number of ether oxygens (including phenoxy) is 6. The Hall–Kier alpha value is -4.74. The standard InChI is InChI=1S/C27H30O12/c1-13(2)22(28)34-16(7)37-25(31)19-10-11-20(26(32)38-17(8)35-23(29)14(3)4)21(12-19)27(33)39-18(9)36-24(30)15(5)6/h10-12,16-18H,1,3,5H2,2,4,6-9H3. The van der Waals surface area contributed by atoms with Crippen LogP contribution in [-0.2, 0) is 42.8 Å². The lowest BCUT2D eigenvalue weighted by molar-refractivity contribution is -0.162. The highest BCUT2D eigenvalue weighted by Gasteiger charge is 2.27. The zero-order valence-electron chi connectivity index (χ0n) is 22.5. The average Bonchev–Trinajstić information content (AvgIpc) is 2.82. The van der Waals surface area contributed by atoms with Crippen molar-refractivity contribution in [2.24, 2.45) is 0 Å². The minimum atomic E-state index is -1.40. The van der Waals surface area contributed by atoms with Crippen molar-refractivity contribution in [1.29, 1.82) is 0 Å². The minimum Gasteiger partial charge on any atom is -0.422 e. The highest BCUT2D eigenvalue weighted by Crippen LogP contribution is 2.19. The van der Waals surface area contributed by atoms with Crippen LogP contribution < -0.4 is 0 Å². The molecule has 0 bridgehead atoms. The van der Waals surface area contributed by atoms with E-state index in [4.69, 9.17) is 28.4 Å². The lowest BCUT2D eigenvalue weighted by Gasteiger charge is -2.18. The molecular weight excluding hydrogens is 516 g/mol. The first kappa shape index (κ1) is 32.3. The molecule has 0 aliphatic rings. The molecule has 0 saturated carbocycles. The van der Waals surface area contributed by atoms with Crippen molar-refractivity contribution < 1.29 is 57.2 Å². The molecule has 0 amide bonds. The number of esters is 6. The Labute approximate surface area is 225 Å². The Kier molecular flexibility index (Phi) is 11.8. The second-order valence-electron chi connectivity index (χ2n) is 8.24. The third kappa shape index (κ3) is 10.3. The van der Waals surface area contributed by atoms with Crippen molar-refractivity contribution in [3.8, 4) is 0 Å². The number of hydrogen-bond acceptors (Lipinski definition) is 12. The van der Waals surface area contributed by atoms with Crippen LogP contribution in [0.15, 0.2) is 54.7 Å². The van der Waals surface area contributed by atoms with Crippen molar-refractivity contribution in [3.05, 3.63) is 71.3 Å². The predicted octanol–water partition coefficient (Wildman–Crippen LogP) is 3.55. The molecule has 210 valence electrons. The largest absolute Gasteiger partial charge is 0.422 e. The Balaban J connectivity index is 3.27. The van der Waals surface area contributed by atoms with E-state index in [2.05, 4.69) is 19.7 Å². The number of rotatable bonds is 12. The molecule has 0 radical (unpaired) electrons. The Morgan fingerprint density at radius 2 is 0.872 bits per heavy atom. The lowest BCUT2D eigenvalue weighted by Crippen LogP contribution is -2.26. The summed E-state index contributed by atoms with van der Waals surface area (Å²) in [5.74, 6) is -5.75. The lowest BCUT2D eigenvalue weighted by atomic mass is 10.0. The molecule has 0 spiro atoms. The van der Waals surface area contributed by atoms with Crippen LogP contribution >= 0.6 is 0 Å². The molecule has 1 aromatic carbocycles. The van der Waals surface area contributed by atoms with E-state index in [0.29, 0.717) is 0 Å². The molecule has 12 nitrogen and oxygen atoms in total. The zero-order valence-corrected chi connectivity index (χ0v) is 22.5. The van der Waals surface area contributed by atoms with Crippen LogP contribution in [0.3, 0.4) is 0 Å². The maximum absolute atomic E-state index is 12.9. The maximum Gasteiger partial charge on any atom is 0.342 e. The third-order valence-corrected chi connectivity index (χ3v) is 4.38. The van der Waals surface area contributed by atoms with Gasteiger partial charge >= 0.3 is 35.8 Å². The molecule has 0 N–H and O–H groups in total. The molecule has 3 unspecified atom stereocenters. The molecule has 0 fully saturated rings. The van der Waals surface area contributed by atoms with Gasteiger partial charge in [0.1, 0.15) is 0 Å². The number of hydrogen-bond donors (Lipinski definition) is 0. The van der Waals surface area contributed by atoms with Gasteiger partial charge < -0.3 is 28.4 Å². The molecule has 39 heavy (non-hydrogen) atoms. The van der Waals surface area contributed by atoms with Crippen LogP contribution in [0.4, 0.5) is 0 Å². The van der Waals surface area contributed by atoms with E-state index in [1.165, 1.54) is 41.5 Å². The normalized spacial score (nSPS) is 12.5. The SMILES string of the molecule is C=C(C)C(=O)OC(C)OC(=O)c1ccc(C(=O)OC(C)OC(=O)C(=C)C)c(C(=O)OC(C)OC(=O)C(=C)C)c1. The fraction of sp³-hybridized carbons (Fsp3) is 0.333. The van der Waals surface area contributed by atoms with Gasteiger partial charge in [0.2, 0.25) is 18.9 Å². The second kappa shape index (κ2) is 14.3. The highest BCUT2D eigenvalue weighted by atomic mass is 16.7. The Morgan fingerprint density at radius 1 is 0.538 bits per heavy atom. The van der Waals surface area contributed by atoms with Gasteiger partial charge in [0, 0.05) is 37.5 Å². The van der Waals surface area contributed by atoms with Crippen LogP contribution in [0.1, 0.15) is 72.6 Å². The van der Waals surface area contributed by atoms with Crippen LogP contribution in [-0.4, -0.2) is 54.7 Å². The monoisotopic (exact) mass is 546 g/mol. The summed E-state index contributed by atoms with van der Waals surface area (Å²) in [6, 6.07) is 3.17. The van der Waals surface area contributed by atoms with Gasteiger partial charge in [-0.15, -0.1) is 0 Å². The summed E-state index contributed by atoms with van der Waals surface area (Å²) in [6.45, 7) is 18.2. The van der Waals surface area contributed by atoms with Gasteiger partial charge in [-0.25, -0.2) is 28.8 Å². The smallest absolute Gasteiger partial charge is 0.342 e. The van der Waals surface area contributed by atoms with Gasteiger partial charge in [0.25, 0.3) is 0 Å². The van der Waals surface area contributed by atoms with Gasteiger partial charge in [-0.2, -0.15) is 0 Å². The molecule has 12 heteroatoms. The molecular formula is C27H30O12. The quantitative estimate of drug-likeness (QED) is 0.163. The number of carbonyl (C=O) groups is 6. The van der Waals surface area contributed by atoms with Gasteiger partial charge in [-0.05, 0) is 39.0 Å². The van der Waals surface area contributed by atoms with Gasteiger partial charge in [0.05, 0.1) is 16.7 Å². The summed E-state index contributed by atoms with van der Waals surface area (Å²) in [5, 5.41) is 0. The molecule has 0 aliphatic heterocycles. The molecule has 1 rings (SSSR count). The summed E-state index contributed by atoms with van der Waals surface area (Å²) < 4.78 is 29.9. The van der Waals surface area contributed by atoms with E-state index >= 15 is 0 Å². The summed E-state index contributed by atoms with van der Waals surface area (Å²) in [5.41, 5.74) is -0.897. The fourth-order valence-corrected chi connectivity index (χ4v) is 2.49. The minimum absolute atomic E-state index is 0.0478. The first-order chi connectivity index (χ1) is 18.0. The molecule has 0 aromatic heterocycles. The molecule has 1 aromatic rings. The third-order valence-electron chi connectivity index (χ3n) is 4.38. The van der Waals surface area contributed by atoms with Crippen molar-refractivity contribution in [2.45, 2.75) is 60.4 Å². The fourth-order valence-electron chi connectivity index (χ4n) is 2.49. The van der Waals surface area contributed by atoms with E-state index < -0.39 is 60.2 Å². The van der Waals surface area contributed by atoms with Gasteiger partial charge in [0.15, 0.2) is 0 Å². The van der Waals surface area contributed by atoms with E-state index in [1.807, 2.05) is 0 Å². The molecule has 0 heterocycles. The van der Waals surface area contributed by atoms with E-state index in [-0.39, 0.29) is 27.8 Å². The average molecular weight is 547 g/mol. The highest BCUT2D eigenvalue weighted by molar-refractivity contribution is 6.05. The van der Waals surface area contributed by atoms with Crippen LogP contribution in [0.5, 0.6) is 0 Å². The van der Waals surface area contributed by atoms with Crippen LogP contribution in [0.25, 0.3) is 0 Å². The predicted molar refractivity (Wildman–Crippen MR) is 134 cm³/mol. The Bertz CT molecular complexity index is 1210. The van der Waals surface area contributed by atoms with Crippen molar-refractivity contribution in [1.82, 2.24) is 0 Å². The zero-order chi connectivity index (χ0) is 30.0. The second-order valence-corrected chi connectivity index (χ2v) is 8.24. The van der Waals surface area contributed by atoms with E-state index in [1.54, 1.807) is 0 Å². The van der Waals surface area contributed by atoms with Crippen molar-refractivity contribution >= 4 is 35.8 Å². The number of carbonyl (C=O) groups excluding carboxylic acids is 6. The van der Waals surface area contributed by atoms with E-state index in [9.17, 15) is 28.8 Å². The van der Waals surface area contributed by atoms with Crippen molar-refractivity contribution in [2.75, 3.05) is 0 Å². The maximum atomic E-state index is 12.9. The van der Waals surface area contributed by atoms with Gasteiger partial charge in [-0.1, -0.05) is 19.7 Å². The first-order valence-electron chi connectivity index (χ1n) is 11.4. The summed E-state index contributed by atoms with van der Waals surface area (Å²) in [4.78, 5) is 73.4. The van der Waals surface area contributed by atoms with Crippen LogP contribution in [0.2, 0.25) is 0 Å². The first-order valence-corrected chi connectivity index (χ1v) is 11.4. The summed E-state index contributed by atoms with van der Waals surface area (Å²) in [7, 11) is 0. The summed E-state index contributed by atoms with van der Waals surface area (Å²) >= 11 is 0. The Morgan fingerprint density at radius 3 is 1.23 bits per heavy atom. The topological polar surface area (TPSA) is 158 Å².